The highest BCUT2D eigenvalue weighted by Crippen LogP contribution is 2.27. The van der Waals surface area contributed by atoms with E-state index in [1.807, 2.05) is 13.1 Å². The van der Waals surface area contributed by atoms with Crippen LogP contribution in [0.1, 0.15) is 20.8 Å². The number of benzene rings is 1. The molecule has 0 spiro atoms. The summed E-state index contributed by atoms with van der Waals surface area (Å²) in [6.07, 6.45) is 1.26. The number of aliphatic hydroxyl groups is 1. The number of aromatic nitrogens is 3. The Bertz CT molecular complexity index is 1640. The van der Waals surface area contributed by atoms with Crippen LogP contribution in [0.4, 0.5) is 10.2 Å². The van der Waals surface area contributed by atoms with Gasteiger partial charge in [-0.2, -0.15) is 9.78 Å². The number of aliphatic hydroxyl groups excluding tert-OH is 1. The van der Waals surface area contributed by atoms with Crippen molar-refractivity contribution in [1.29, 1.82) is 0 Å². The zero-order chi connectivity index (χ0) is 29.1. The third-order valence-corrected chi connectivity index (χ3v) is 8.08. The van der Waals surface area contributed by atoms with E-state index in [4.69, 9.17) is 11.6 Å². The first-order valence-corrected chi connectivity index (χ1v) is 14.1. The second kappa shape index (κ2) is 12.4. The fourth-order valence-electron chi connectivity index (χ4n) is 4.51. The number of hydrogen-bond acceptors (Lipinski definition) is 8. The van der Waals surface area contributed by atoms with E-state index in [1.165, 1.54) is 23.6 Å². The monoisotopic (exact) mass is 598 g/mol. The molecule has 13 heteroatoms. The summed E-state index contributed by atoms with van der Waals surface area (Å²) in [7, 11) is 1.98. The zero-order valence-corrected chi connectivity index (χ0v) is 23.8. The van der Waals surface area contributed by atoms with Crippen LogP contribution in [0.25, 0.3) is 11.3 Å². The highest BCUT2D eigenvalue weighted by atomic mass is 35.5. The van der Waals surface area contributed by atoms with Crippen LogP contribution in [0.3, 0.4) is 0 Å². The third kappa shape index (κ3) is 6.57. The lowest BCUT2D eigenvalue weighted by Crippen LogP contribution is -2.48. The van der Waals surface area contributed by atoms with Gasteiger partial charge >= 0.3 is 0 Å². The number of nitrogens with one attached hydrogen (secondary N) is 1. The molecule has 1 saturated heterocycles. The maximum absolute atomic E-state index is 15.2. The van der Waals surface area contributed by atoms with E-state index in [1.54, 1.807) is 35.2 Å². The minimum absolute atomic E-state index is 0.0337. The Morgan fingerprint density at radius 2 is 1.90 bits per heavy atom. The Kier molecular flexibility index (Phi) is 8.64. The number of pyridine rings is 1. The molecule has 0 aliphatic carbocycles. The normalized spacial score (nSPS) is 13.9. The molecule has 0 radical (unpaired) electrons. The van der Waals surface area contributed by atoms with Crippen molar-refractivity contribution in [3.05, 3.63) is 91.2 Å². The lowest BCUT2D eigenvalue weighted by atomic mass is 10.1. The zero-order valence-electron chi connectivity index (χ0n) is 22.2. The number of amides is 1. The Balaban J connectivity index is 1.48. The average Bonchev–Trinajstić information content (AvgIpc) is 3.59. The van der Waals surface area contributed by atoms with Gasteiger partial charge in [-0.3, -0.25) is 14.4 Å². The predicted molar refractivity (Wildman–Crippen MR) is 155 cm³/mol. The number of hydrogen-bond donors (Lipinski definition) is 2. The Morgan fingerprint density at radius 3 is 2.61 bits per heavy atom. The van der Waals surface area contributed by atoms with Crippen LogP contribution < -0.4 is 10.9 Å². The SMILES string of the molecule is CN1CCN(C(=O)Cn2cc(-c3cc(NCc4ccc(Cl)s4)n(C(=O)c4cccc(CO)c4)n3)c(F)cc2=O)CC1. The summed E-state index contributed by atoms with van der Waals surface area (Å²) in [4.78, 5) is 43.7. The summed E-state index contributed by atoms with van der Waals surface area (Å²) in [5, 5.41) is 17.1. The second-order valence-electron chi connectivity index (χ2n) is 9.73. The molecule has 0 bridgehead atoms. The third-order valence-electron chi connectivity index (χ3n) is 6.84. The van der Waals surface area contributed by atoms with Gasteiger partial charge in [-0.25, -0.2) is 4.39 Å². The molecule has 214 valence electrons. The van der Waals surface area contributed by atoms with E-state index in [0.29, 0.717) is 29.5 Å². The highest BCUT2D eigenvalue weighted by molar-refractivity contribution is 7.16. The van der Waals surface area contributed by atoms with Crippen molar-refractivity contribution in [2.75, 3.05) is 38.5 Å². The summed E-state index contributed by atoms with van der Waals surface area (Å²) < 4.78 is 18.0. The van der Waals surface area contributed by atoms with Gasteiger partial charge in [-0.1, -0.05) is 23.7 Å². The van der Waals surface area contributed by atoms with Crippen molar-refractivity contribution in [2.24, 2.45) is 0 Å². The standard InChI is InChI=1S/C28H28ClFN6O4S/c1-33-7-9-34(10-8-33)27(39)16-35-15-21(22(30)12-26(35)38)23-13-25(31-14-20-5-6-24(29)41-20)36(32-23)28(40)19-4-2-3-18(11-19)17-37/h2-6,11-13,15,31,37H,7-10,14,16-17H2,1H3. The molecule has 5 rings (SSSR count). The van der Waals surface area contributed by atoms with E-state index in [2.05, 4.69) is 15.3 Å². The van der Waals surface area contributed by atoms with Gasteiger partial charge in [0.2, 0.25) is 5.91 Å². The first-order chi connectivity index (χ1) is 19.7. The number of thiophene rings is 1. The van der Waals surface area contributed by atoms with Crippen LogP contribution in [-0.4, -0.2) is 74.3 Å². The molecule has 0 atom stereocenters. The fraction of sp³-hybridized carbons (Fsp3) is 0.286. The molecular weight excluding hydrogens is 571 g/mol. The van der Waals surface area contributed by atoms with Gasteiger partial charge in [0, 0.05) is 54.9 Å². The quantitative estimate of drug-likeness (QED) is 0.320. The molecule has 10 nitrogen and oxygen atoms in total. The number of anilines is 1. The van der Waals surface area contributed by atoms with Gasteiger partial charge in [-0.05, 0) is 36.9 Å². The van der Waals surface area contributed by atoms with Crippen LogP contribution in [0, 0.1) is 5.82 Å². The van der Waals surface area contributed by atoms with Crippen LogP contribution in [-0.2, 0) is 24.5 Å². The topological polar surface area (TPSA) is 113 Å². The van der Waals surface area contributed by atoms with Crippen LogP contribution >= 0.6 is 22.9 Å². The molecule has 1 fully saturated rings. The summed E-state index contributed by atoms with van der Waals surface area (Å²) >= 11 is 7.43. The number of likely N-dealkylation sites (N-methyl/N-ethyl adjacent to an activating group) is 1. The number of piperazine rings is 1. The number of carbonyl (C=O) groups is 2. The van der Waals surface area contributed by atoms with Gasteiger partial charge in [0.05, 0.1) is 28.7 Å². The lowest BCUT2D eigenvalue weighted by molar-refractivity contribution is -0.133. The number of halogens is 2. The molecule has 1 aromatic carbocycles. The van der Waals surface area contributed by atoms with E-state index in [9.17, 15) is 19.5 Å². The van der Waals surface area contributed by atoms with Crippen LogP contribution in [0.15, 0.2) is 59.5 Å². The molecule has 0 unspecified atom stereocenters. The second-order valence-corrected chi connectivity index (χ2v) is 11.5. The van der Waals surface area contributed by atoms with Crippen molar-refractivity contribution in [3.8, 4) is 11.3 Å². The molecular formula is C28H28ClFN6O4S. The van der Waals surface area contributed by atoms with E-state index < -0.39 is 17.3 Å². The molecule has 1 aliphatic rings. The van der Waals surface area contributed by atoms with Gasteiger partial charge in [0.15, 0.2) is 0 Å². The smallest absolute Gasteiger partial charge is 0.280 e. The van der Waals surface area contributed by atoms with Crippen LogP contribution in [0.2, 0.25) is 4.34 Å². The van der Waals surface area contributed by atoms with Crippen molar-refractivity contribution < 1.29 is 19.1 Å². The Hall–Kier alpha value is -3.84. The molecule has 1 amide bonds. The van der Waals surface area contributed by atoms with Crippen LogP contribution in [0.5, 0.6) is 0 Å². The van der Waals surface area contributed by atoms with Crippen molar-refractivity contribution in [1.82, 2.24) is 24.1 Å². The molecule has 0 saturated carbocycles. The van der Waals surface area contributed by atoms with E-state index >= 15 is 4.39 Å². The average molecular weight is 599 g/mol. The highest BCUT2D eigenvalue weighted by Gasteiger charge is 2.23. The lowest BCUT2D eigenvalue weighted by Gasteiger charge is -2.32. The molecule has 4 aromatic rings. The molecule has 41 heavy (non-hydrogen) atoms. The van der Waals surface area contributed by atoms with E-state index in [0.717, 1.165) is 33.3 Å². The molecule has 2 N–H and O–H groups in total. The molecule has 3 aromatic heterocycles. The number of rotatable bonds is 8. The molecule has 1 aliphatic heterocycles. The largest absolute Gasteiger partial charge is 0.392 e. The van der Waals surface area contributed by atoms with Crippen molar-refractivity contribution in [3.63, 3.8) is 0 Å². The number of nitrogens with zero attached hydrogens (tertiary/aromatic N) is 5. The van der Waals surface area contributed by atoms with Gasteiger partial charge < -0.3 is 24.8 Å². The van der Waals surface area contributed by atoms with Gasteiger partial charge in [-0.15, -0.1) is 11.3 Å². The predicted octanol–water partition coefficient (Wildman–Crippen LogP) is 3.13. The van der Waals surface area contributed by atoms with Gasteiger partial charge in [0.25, 0.3) is 11.5 Å². The first-order valence-electron chi connectivity index (χ1n) is 12.9. The Morgan fingerprint density at radius 1 is 1.12 bits per heavy atom. The fourth-order valence-corrected chi connectivity index (χ4v) is 5.53. The van der Waals surface area contributed by atoms with E-state index in [-0.39, 0.29) is 41.7 Å². The number of carbonyl (C=O) groups excluding carboxylic acids is 2. The Labute approximate surface area is 244 Å². The summed E-state index contributed by atoms with van der Waals surface area (Å²) in [6.45, 7) is 2.40. The van der Waals surface area contributed by atoms with Gasteiger partial charge in [0.1, 0.15) is 18.2 Å². The minimum atomic E-state index is -0.825. The molecule has 4 heterocycles. The first kappa shape index (κ1) is 28.7. The maximum atomic E-state index is 15.2. The summed E-state index contributed by atoms with van der Waals surface area (Å²) in [5.74, 6) is -1.28. The van der Waals surface area contributed by atoms with Crippen molar-refractivity contribution in [2.45, 2.75) is 19.7 Å². The maximum Gasteiger partial charge on any atom is 0.280 e. The minimum Gasteiger partial charge on any atom is -0.392 e. The summed E-state index contributed by atoms with van der Waals surface area (Å²) in [6, 6.07) is 12.4. The van der Waals surface area contributed by atoms with Crippen molar-refractivity contribution >= 4 is 40.6 Å². The summed E-state index contributed by atoms with van der Waals surface area (Å²) in [5.41, 5.74) is 0.235.